The first-order valence-corrected chi connectivity index (χ1v) is 5.78. The third-order valence-electron chi connectivity index (χ3n) is 2.57. The van der Waals surface area contributed by atoms with Crippen molar-refractivity contribution in [2.75, 3.05) is 18.4 Å². The highest BCUT2D eigenvalue weighted by Crippen LogP contribution is 2.19. The number of para-hydroxylation sites is 1. The molecule has 6 heteroatoms. The summed E-state index contributed by atoms with van der Waals surface area (Å²) in [6.07, 6.45) is 0. The lowest BCUT2D eigenvalue weighted by atomic mass is 10.1. The molecule has 0 aliphatic carbocycles. The standard InChI is InChI=1S/C13H13N5O/c14-8-9-7-12(16-5-6-17-13(15)19)18-11-4-2-1-3-10(9)11/h1-4,7H,5-6H2,(H,16,18)(H3,15,17,19). The average Bonchev–Trinajstić information content (AvgIpc) is 2.42. The lowest BCUT2D eigenvalue weighted by Crippen LogP contribution is -2.33. The molecule has 19 heavy (non-hydrogen) atoms. The number of rotatable bonds is 4. The number of primary amides is 1. The van der Waals surface area contributed by atoms with Crippen LogP contribution in [-0.4, -0.2) is 24.1 Å². The number of anilines is 1. The van der Waals surface area contributed by atoms with Crippen LogP contribution in [0.3, 0.4) is 0 Å². The molecular weight excluding hydrogens is 242 g/mol. The van der Waals surface area contributed by atoms with Crippen LogP contribution in [0.15, 0.2) is 30.3 Å². The third-order valence-corrected chi connectivity index (χ3v) is 2.57. The van der Waals surface area contributed by atoms with Gasteiger partial charge in [0.1, 0.15) is 5.82 Å². The molecule has 0 saturated heterocycles. The smallest absolute Gasteiger partial charge is 0.312 e. The Bertz CT molecular complexity index is 647. The van der Waals surface area contributed by atoms with Crippen molar-refractivity contribution in [3.63, 3.8) is 0 Å². The Kier molecular flexibility index (Phi) is 3.78. The Morgan fingerprint density at radius 3 is 2.89 bits per heavy atom. The van der Waals surface area contributed by atoms with Gasteiger partial charge >= 0.3 is 6.03 Å². The fraction of sp³-hybridized carbons (Fsp3) is 0.154. The summed E-state index contributed by atoms with van der Waals surface area (Å²) in [5.74, 6) is 0.599. The Morgan fingerprint density at radius 2 is 2.16 bits per heavy atom. The van der Waals surface area contributed by atoms with Crippen molar-refractivity contribution in [1.29, 1.82) is 5.26 Å². The summed E-state index contributed by atoms with van der Waals surface area (Å²) >= 11 is 0. The van der Waals surface area contributed by atoms with Crippen molar-refractivity contribution in [2.45, 2.75) is 0 Å². The molecule has 2 amide bonds. The first-order valence-electron chi connectivity index (χ1n) is 5.78. The molecular formula is C13H13N5O. The zero-order valence-corrected chi connectivity index (χ0v) is 10.2. The predicted molar refractivity (Wildman–Crippen MR) is 72.5 cm³/mol. The molecule has 0 unspecified atom stereocenters. The molecule has 0 atom stereocenters. The highest BCUT2D eigenvalue weighted by molar-refractivity contribution is 5.86. The highest BCUT2D eigenvalue weighted by atomic mass is 16.2. The predicted octanol–water partition coefficient (Wildman–Crippen LogP) is 1.19. The molecule has 0 saturated carbocycles. The minimum absolute atomic E-state index is 0.395. The number of amides is 2. The normalized spacial score (nSPS) is 9.84. The second kappa shape index (κ2) is 5.69. The van der Waals surface area contributed by atoms with Crippen LogP contribution < -0.4 is 16.4 Å². The largest absolute Gasteiger partial charge is 0.368 e. The molecule has 0 spiro atoms. The van der Waals surface area contributed by atoms with E-state index >= 15 is 0 Å². The highest BCUT2D eigenvalue weighted by Gasteiger charge is 2.04. The van der Waals surface area contributed by atoms with Crippen molar-refractivity contribution in [2.24, 2.45) is 5.73 Å². The average molecular weight is 255 g/mol. The van der Waals surface area contributed by atoms with Crippen molar-refractivity contribution in [1.82, 2.24) is 10.3 Å². The van der Waals surface area contributed by atoms with Gasteiger partial charge in [-0.1, -0.05) is 18.2 Å². The van der Waals surface area contributed by atoms with E-state index in [0.29, 0.717) is 24.5 Å². The number of carbonyl (C=O) groups is 1. The van der Waals surface area contributed by atoms with E-state index in [4.69, 9.17) is 11.0 Å². The molecule has 4 N–H and O–H groups in total. The number of benzene rings is 1. The molecule has 0 aliphatic heterocycles. The van der Waals surface area contributed by atoms with Crippen LogP contribution in [0.25, 0.3) is 10.9 Å². The van der Waals surface area contributed by atoms with Gasteiger partial charge in [-0.25, -0.2) is 9.78 Å². The topological polar surface area (TPSA) is 104 Å². The second-order valence-electron chi connectivity index (χ2n) is 3.90. The number of nitrogens with one attached hydrogen (secondary N) is 2. The number of hydrogen-bond acceptors (Lipinski definition) is 4. The Morgan fingerprint density at radius 1 is 1.37 bits per heavy atom. The number of nitrogens with two attached hydrogens (primary N) is 1. The van der Waals surface area contributed by atoms with Crippen molar-refractivity contribution in [3.05, 3.63) is 35.9 Å². The van der Waals surface area contributed by atoms with Crippen molar-refractivity contribution in [3.8, 4) is 6.07 Å². The maximum atomic E-state index is 10.5. The molecule has 0 radical (unpaired) electrons. The minimum Gasteiger partial charge on any atom is -0.368 e. The number of nitrogens with zero attached hydrogens (tertiary/aromatic N) is 2. The number of nitriles is 1. The van der Waals surface area contributed by atoms with Crippen LogP contribution in [-0.2, 0) is 0 Å². The first kappa shape index (κ1) is 12.6. The van der Waals surface area contributed by atoms with Crippen LogP contribution in [0.1, 0.15) is 5.56 Å². The maximum Gasteiger partial charge on any atom is 0.312 e. The summed E-state index contributed by atoms with van der Waals surface area (Å²) in [4.78, 5) is 14.9. The van der Waals surface area contributed by atoms with E-state index in [2.05, 4.69) is 21.7 Å². The van der Waals surface area contributed by atoms with E-state index in [1.807, 2.05) is 24.3 Å². The van der Waals surface area contributed by atoms with Gasteiger partial charge in [-0.3, -0.25) is 0 Å². The summed E-state index contributed by atoms with van der Waals surface area (Å²) < 4.78 is 0. The molecule has 1 heterocycles. The quantitative estimate of drug-likeness (QED) is 0.714. The number of carbonyl (C=O) groups excluding carboxylic acids is 1. The van der Waals surface area contributed by atoms with Gasteiger partial charge < -0.3 is 16.4 Å². The number of fused-ring (bicyclic) bond motifs is 1. The van der Waals surface area contributed by atoms with Crippen molar-refractivity contribution < 1.29 is 4.79 Å². The number of urea groups is 1. The van der Waals surface area contributed by atoms with Gasteiger partial charge in [0.2, 0.25) is 0 Å². The molecule has 6 nitrogen and oxygen atoms in total. The van der Waals surface area contributed by atoms with E-state index < -0.39 is 6.03 Å². The molecule has 0 aliphatic rings. The number of pyridine rings is 1. The SMILES string of the molecule is N#Cc1cc(NCCNC(N)=O)nc2ccccc12. The van der Waals surface area contributed by atoms with Gasteiger partial charge in [-0.2, -0.15) is 5.26 Å². The van der Waals surface area contributed by atoms with Crippen LogP contribution in [0.4, 0.5) is 10.6 Å². The zero-order chi connectivity index (χ0) is 13.7. The molecule has 2 rings (SSSR count). The van der Waals surface area contributed by atoms with E-state index in [1.54, 1.807) is 6.07 Å². The van der Waals surface area contributed by atoms with Gasteiger partial charge in [0.15, 0.2) is 0 Å². The molecule has 96 valence electrons. The van der Waals surface area contributed by atoms with E-state index in [9.17, 15) is 4.79 Å². The van der Waals surface area contributed by atoms with E-state index in [1.165, 1.54) is 0 Å². The fourth-order valence-electron chi connectivity index (χ4n) is 1.73. The fourth-order valence-corrected chi connectivity index (χ4v) is 1.73. The number of hydrogen-bond donors (Lipinski definition) is 3. The summed E-state index contributed by atoms with van der Waals surface area (Å²) in [5.41, 5.74) is 6.28. The lowest BCUT2D eigenvalue weighted by molar-refractivity contribution is 0.249. The van der Waals surface area contributed by atoms with Gasteiger partial charge in [-0.15, -0.1) is 0 Å². The first-order chi connectivity index (χ1) is 9.20. The second-order valence-corrected chi connectivity index (χ2v) is 3.90. The van der Waals surface area contributed by atoms with Crippen LogP contribution in [0, 0.1) is 11.3 Å². The lowest BCUT2D eigenvalue weighted by Gasteiger charge is -2.08. The molecule has 2 aromatic rings. The van der Waals surface area contributed by atoms with Crippen LogP contribution in [0.2, 0.25) is 0 Å². The summed E-state index contributed by atoms with van der Waals surface area (Å²) in [5, 5.41) is 15.4. The molecule has 0 fully saturated rings. The Labute approximate surface area is 110 Å². The Hall–Kier alpha value is -2.81. The minimum atomic E-state index is -0.564. The Balaban J connectivity index is 2.16. The zero-order valence-electron chi connectivity index (χ0n) is 10.2. The molecule has 1 aromatic heterocycles. The van der Waals surface area contributed by atoms with Gasteiger partial charge in [0.25, 0.3) is 0 Å². The molecule has 0 bridgehead atoms. The summed E-state index contributed by atoms with van der Waals surface area (Å²) in [7, 11) is 0. The molecule has 1 aromatic carbocycles. The summed E-state index contributed by atoms with van der Waals surface area (Å²) in [6, 6.07) is 10.7. The van der Waals surface area contributed by atoms with E-state index in [-0.39, 0.29) is 0 Å². The maximum absolute atomic E-state index is 10.5. The van der Waals surface area contributed by atoms with Crippen molar-refractivity contribution >= 4 is 22.8 Å². The van der Waals surface area contributed by atoms with Crippen LogP contribution in [0.5, 0.6) is 0 Å². The number of aromatic nitrogens is 1. The van der Waals surface area contributed by atoms with E-state index in [0.717, 1.165) is 10.9 Å². The van der Waals surface area contributed by atoms with Gasteiger partial charge in [0, 0.05) is 18.5 Å². The third kappa shape index (κ3) is 3.10. The summed E-state index contributed by atoms with van der Waals surface area (Å²) in [6.45, 7) is 0.880. The monoisotopic (exact) mass is 255 g/mol. The van der Waals surface area contributed by atoms with Gasteiger partial charge in [0.05, 0.1) is 17.1 Å². The van der Waals surface area contributed by atoms with Gasteiger partial charge in [-0.05, 0) is 12.1 Å². The van der Waals surface area contributed by atoms with Crippen LogP contribution >= 0.6 is 0 Å².